The number of guanidine groups is 1. The predicted octanol–water partition coefficient (Wildman–Crippen LogP) is -2.05. The lowest BCUT2D eigenvalue weighted by Crippen LogP contribution is -2.59. The Morgan fingerprint density at radius 2 is 1.60 bits per heavy atom. The Hall–Kier alpha value is -7.06. The van der Waals surface area contributed by atoms with Gasteiger partial charge in [-0.1, -0.05) is 13.8 Å². The fourth-order valence-electron chi connectivity index (χ4n) is 6.76. The summed E-state index contributed by atoms with van der Waals surface area (Å²) in [7, 11) is 0. The number of benzene rings is 1. The Bertz CT molecular complexity index is 2070. The van der Waals surface area contributed by atoms with E-state index in [2.05, 4.69) is 46.9 Å². The lowest BCUT2D eigenvalue weighted by molar-refractivity contribution is -0.393. The number of non-ortho nitro benzene ring substituents is 1. The molecule has 3 rings (SSSR count). The van der Waals surface area contributed by atoms with Crippen molar-refractivity contribution in [1.29, 1.82) is 0 Å². The van der Waals surface area contributed by atoms with E-state index in [0.29, 0.717) is 18.5 Å². The van der Waals surface area contributed by atoms with Crippen LogP contribution in [0.5, 0.6) is 0 Å². The number of rotatable bonds is 26. The highest BCUT2D eigenvalue weighted by atomic mass is 32.2. The molecule has 0 aliphatic carbocycles. The molecule has 1 aliphatic rings. The van der Waals surface area contributed by atoms with Crippen LogP contribution in [0.25, 0.3) is 0 Å². The Balaban J connectivity index is 1.66. The van der Waals surface area contributed by atoms with Crippen molar-refractivity contribution in [3.05, 3.63) is 56.6 Å². The summed E-state index contributed by atoms with van der Waals surface area (Å²) in [6.07, 6.45) is 5.67. The normalized spacial score (nSPS) is 15.6. The van der Waals surface area contributed by atoms with E-state index in [4.69, 9.17) is 17.2 Å². The third-order valence-corrected chi connectivity index (χ3v) is 10.6. The van der Waals surface area contributed by atoms with Gasteiger partial charge in [-0.25, -0.2) is 4.98 Å². The SMILES string of the molecule is CSC[C@H](NC(=O)CNC(=O)[C@H](CC(C)C)NC(=O)[C@@H]1CCCN1c1ccc([N+](=O)[O-])cc1[N+](=O)[O-])C(=O)N[C@@H](Cc1cnc[nH]1)C(=O)N[C@@H](C)C(=O)N[C@H](CCCN=C(N)N)C(N)=O. The van der Waals surface area contributed by atoms with Crippen molar-refractivity contribution in [3.8, 4) is 0 Å². The second kappa shape index (κ2) is 25.3. The highest BCUT2D eigenvalue weighted by Crippen LogP contribution is 2.36. The molecule has 0 bridgehead atoms. The average molecular weight is 932 g/mol. The first kappa shape index (κ1) is 52.3. The quantitative estimate of drug-likeness (QED) is 0.0159. The van der Waals surface area contributed by atoms with Gasteiger partial charge in [0.15, 0.2) is 5.96 Å². The van der Waals surface area contributed by atoms with Crippen molar-refractivity contribution in [2.24, 2.45) is 28.1 Å². The number of nitrogens with zero attached hydrogens (tertiary/aromatic N) is 5. The molecule has 6 atom stereocenters. The number of aromatic amines is 1. The number of carbonyl (C=O) groups excluding carboxylic acids is 7. The van der Waals surface area contributed by atoms with Crippen LogP contribution in [-0.4, -0.2) is 135 Å². The first-order valence-electron chi connectivity index (χ1n) is 20.5. The highest BCUT2D eigenvalue weighted by molar-refractivity contribution is 7.98. The fraction of sp³-hybridized carbons (Fsp3) is 0.553. The van der Waals surface area contributed by atoms with Crippen molar-refractivity contribution < 1.29 is 43.4 Å². The Labute approximate surface area is 377 Å². The number of nitrogens with one attached hydrogen (secondary N) is 7. The molecule has 2 aromatic rings. The van der Waals surface area contributed by atoms with Crippen LogP contribution in [0.4, 0.5) is 17.1 Å². The molecular weight excluding hydrogens is 875 g/mol. The molecule has 7 amide bonds. The summed E-state index contributed by atoms with van der Waals surface area (Å²) in [5, 5.41) is 38.5. The molecule has 1 aromatic carbocycles. The van der Waals surface area contributed by atoms with Gasteiger partial charge in [0.05, 0.1) is 28.8 Å². The number of nitro groups is 2. The van der Waals surface area contributed by atoms with E-state index in [9.17, 15) is 53.8 Å². The van der Waals surface area contributed by atoms with Crippen LogP contribution >= 0.6 is 11.8 Å². The molecule has 65 heavy (non-hydrogen) atoms. The lowest BCUT2D eigenvalue weighted by atomic mass is 10.0. The zero-order valence-electron chi connectivity index (χ0n) is 36.4. The largest absolute Gasteiger partial charge is 0.370 e. The lowest BCUT2D eigenvalue weighted by Gasteiger charge is -2.28. The number of hydrogen-bond acceptors (Lipinski definition) is 15. The maximum atomic E-state index is 13.7. The first-order valence-corrected chi connectivity index (χ1v) is 21.9. The van der Waals surface area contributed by atoms with Crippen molar-refractivity contribution in [3.63, 3.8) is 0 Å². The zero-order valence-corrected chi connectivity index (χ0v) is 37.2. The molecule has 0 spiro atoms. The molecule has 2 heterocycles. The smallest absolute Gasteiger partial charge is 0.299 e. The number of imidazole rings is 1. The van der Waals surface area contributed by atoms with Crippen LogP contribution < -0.4 is 54.0 Å². The molecule has 13 N–H and O–H groups in total. The minimum atomic E-state index is -1.30. The Morgan fingerprint density at radius 1 is 0.908 bits per heavy atom. The van der Waals surface area contributed by atoms with E-state index >= 15 is 0 Å². The average Bonchev–Trinajstić information content (AvgIpc) is 3.95. The van der Waals surface area contributed by atoms with Gasteiger partial charge >= 0.3 is 0 Å². The van der Waals surface area contributed by atoms with Crippen molar-refractivity contribution in [2.75, 3.05) is 36.5 Å². The third kappa shape index (κ3) is 16.5. The Kier molecular flexibility index (Phi) is 20.3. The summed E-state index contributed by atoms with van der Waals surface area (Å²) in [4.78, 5) is 126. The van der Waals surface area contributed by atoms with Gasteiger partial charge in [-0.15, -0.1) is 0 Å². The number of anilines is 1. The van der Waals surface area contributed by atoms with Gasteiger partial charge in [-0.2, -0.15) is 11.8 Å². The van der Waals surface area contributed by atoms with Crippen LogP contribution in [0.1, 0.15) is 58.6 Å². The van der Waals surface area contributed by atoms with Crippen LogP contribution in [0.2, 0.25) is 0 Å². The number of H-pyrrole nitrogens is 1. The number of nitro benzene ring substituents is 2. The number of amides is 7. The summed E-state index contributed by atoms with van der Waals surface area (Å²) in [5.41, 5.74) is 15.5. The maximum Gasteiger partial charge on any atom is 0.299 e. The fourth-order valence-corrected chi connectivity index (χ4v) is 7.33. The van der Waals surface area contributed by atoms with Crippen molar-refractivity contribution in [1.82, 2.24) is 41.9 Å². The van der Waals surface area contributed by atoms with E-state index in [0.717, 1.165) is 12.1 Å². The van der Waals surface area contributed by atoms with Crippen molar-refractivity contribution in [2.45, 2.75) is 95.5 Å². The number of nitrogens with two attached hydrogens (primary N) is 3. The van der Waals surface area contributed by atoms with Crippen molar-refractivity contribution >= 4 is 76.1 Å². The van der Waals surface area contributed by atoms with Gasteiger partial charge in [0.1, 0.15) is 41.9 Å². The van der Waals surface area contributed by atoms with Crippen LogP contribution in [-0.2, 0) is 40.0 Å². The number of carbonyl (C=O) groups is 7. The standard InChI is InChI=1S/C38H57N15O11S/c1-20(2)13-25(50-37(60)29-8-6-12-51(29)28-10-9-23(52(61)62)15-30(28)53(63)64)34(57)44-17-31(54)47-27(18-65-4)36(59)49-26(14-22-16-42-19-45-22)35(58)46-21(3)33(56)48-24(32(39)55)7-5-11-43-38(40)41/h9-10,15-16,19-21,24-27,29H,5-8,11-14,17-18H2,1-4H3,(H2,39,55)(H,42,45)(H,44,57)(H,46,58)(H,47,54)(H,48,56)(H,49,59)(H,50,60)(H4,40,41,43)/t21-,24+,25-,26-,27-,29-/m0/s1. The number of hydrogen-bond donors (Lipinski definition) is 10. The van der Waals surface area contributed by atoms with E-state index in [1.54, 1.807) is 6.26 Å². The third-order valence-electron chi connectivity index (χ3n) is 9.95. The summed E-state index contributed by atoms with van der Waals surface area (Å²) in [5.74, 6) is -5.46. The summed E-state index contributed by atoms with van der Waals surface area (Å²) < 4.78 is 0. The first-order chi connectivity index (χ1) is 30.7. The predicted molar refractivity (Wildman–Crippen MR) is 238 cm³/mol. The van der Waals surface area contributed by atoms with E-state index in [1.165, 1.54) is 42.2 Å². The molecule has 27 heteroatoms. The molecular formula is C38H57N15O11S. The summed E-state index contributed by atoms with van der Waals surface area (Å²) in [6.45, 7) is 4.78. The minimum absolute atomic E-state index is 0.0121. The number of aliphatic imine (C=N–C) groups is 1. The second-order valence-electron chi connectivity index (χ2n) is 15.5. The van der Waals surface area contributed by atoms with Crippen LogP contribution in [0, 0.1) is 26.1 Å². The van der Waals surface area contributed by atoms with Gasteiger partial charge in [-0.3, -0.25) is 58.8 Å². The summed E-state index contributed by atoms with van der Waals surface area (Å²) in [6, 6.07) is -3.75. The minimum Gasteiger partial charge on any atom is -0.370 e. The Morgan fingerprint density at radius 3 is 2.20 bits per heavy atom. The van der Waals surface area contributed by atoms with Gasteiger partial charge in [-0.05, 0) is 57.3 Å². The molecule has 1 aromatic heterocycles. The molecule has 356 valence electrons. The zero-order chi connectivity index (χ0) is 48.4. The molecule has 0 unspecified atom stereocenters. The number of aromatic nitrogens is 2. The topological polar surface area (TPSA) is 400 Å². The number of primary amides is 1. The van der Waals surface area contributed by atoms with Gasteiger partial charge in [0.25, 0.3) is 11.4 Å². The molecule has 0 radical (unpaired) electrons. The van der Waals surface area contributed by atoms with E-state index in [1.807, 2.05) is 13.8 Å². The van der Waals surface area contributed by atoms with Crippen LogP contribution in [0.3, 0.4) is 0 Å². The van der Waals surface area contributed by atoms with Gasteiger partial charge < -0.3 is 59.0 Å². The second-order valence-corrected chi connectivity index (χ2v) is 16.4. The van der Waals surface area contributed by atoms with E-state index in [-0.39, 0.29) is 62.1 Å². The van der Waals surface area contributed by atoms with Gasteiger partial charge in [0, 0.05) is 43.2 Å². The molecule has 26 nitrogen and oxygen atoms in total. The monoisotopic (exact) mass is 931 g/mol. The molecule has 1 fully saturated rings. The van der Waals surface area contributed by atoms with Gasteiger partial charge in [0.2, 0.25) is 41.4 Å². The van der Waals surface area contributed by atoms with Crippen LogP contribution in [0.15, 0.2) is 35.7 Å². The molecule has 0 saturated carbocycles. The van der Waals surface area contributed by atoms with E-state index < -0.39 is 105 Å². The highest BCUT2D eigenvalue weighted by Gasteiger charge is 2.37. The molecule has 1 saturated heterocycles. The molecule has 1 aliphatic heterocycles. The maximum absolute atomic E-state index is 13.7. The number of thioether (sulfide) groups is 1. The summed E-state index contributed by atoms with van der Waals surface area (Å²) >= 11 is 1.20.